The van der Waals surface area contributed by atoms with Gasteiger partial charge in [0, 0.05) is 6.04 Å². The minimum atomic E-state index is 0.530. The lowest BCUT2D eigenvalue weighted by atomic mass is 10.1. The second-order valence-corrected chi connectivity index (χ2v) is 4.82. The molecule has 1 fully saturated rings. The van der Waals surface area contributed by atoms with Crippen LogP contribution in [0, 0.1) is 12.8 Å². The van der Waals surface area contributed by atoms with Gasteiger partial charge in [0.2, 0.25) is 0 Å². The third-order valence-electron chi connectivity index (χ3n) is 2.99. The Morgan fingerprint density at radius 1 is 1.47 bits per heavy atom. The number of hydrogen-bond donors (Lipinski definition) is 2. The Kier molecular flexibility index (Phi) is 2.85. The number of hydrogen-bond acceptors (Lipinski definition) is 2. The highest BCUT2D eigenvalue weighted by atomic mass is 14.9. The minimum Gasteiger partial charge on any atom is -0.397 e. The summed E-state index contributed by atoms with van der Waals surface area (Å²) in [7, 11) is 0. The van der Waals surface area contributed by atoms with Crippen molar-refractivity contribution in [2.45, 2.75) is 39.2 Å². The molecule has 1 aliphatic carbocycles. The van der Waals surface area contributed by atoms with Gasteiger partial charge in [-0.1, -0.05) is 18.9 Å². The van der Waals surface area contributed by atoms with Crippen LogP contribution < -0.4 is 11.1 Å². The zero-order valence-electron chi connectivity index (χ0n) is 9.59. The summed E-state index contributed by atoms with van der Waals surface area (Å²) in [5.74, 6) is 0.958. The molecule has 0 amide bonds. The van der Waals surface area contributed by atoms with E-state index in [2.05, 4.69) is 31.3 Å². The maximum Gasteiger partial charge on any atom is 0.0576 e. The van der Waals surface area contributed by atoms with E-state index in [1.807, 2.05) is 6.07 Å². The zero-order valence-corrected chi connectivity index (χ0v) is 9.59. The number of nitrogen functional groups attached to an aromatic ring is 1. The summed E-state index contributed by atoms with van der Waals surface area (Å²) in [6, 6.07) is 6.73. The SMILES string of the molecule is Cc1ccc(NC(C)CC2CC2)c(N)c1. The van der Waals surface area contributed by atoms with Crippen molar-refractivity contribution in [2.75, 3.05) is 11.1 Å². The Morgan fingerprint density at radius 3 is 2.80 bits per heavy atom. The van der Waals surface area contributed by atoms with Crippen LogP contribution in [0.25, 0.3) is 0 Å². The van der Waals surface area contributed by atoms with Crippen molar-refractivity contribution in [3.63, 3.8) is 0 Å². The van der Waals surface area contributed by atoms with Gasteiger partial charge in [0.15, 0.2) is 0 Å². The molecule has 2 heteroatoms. The largest absolute Gasteiger partial charge is 0.397 e. The van der Waals surface area contributed by atoms with Crippen LogP contribution in [-0.4, -0.2) is 6.04 Å². The number of aryl methyl sites for hydroxylation is 1. The van der Waals surface area contributed by atoms with E-state index in [0.717, 1.165) is 17.3 Å². The van der Waals surface area contributed by atoms with E-state index in [0.29, 0.717) is 6.04 Å². The van der Waals surface area contributed by atoms with E-state index < -0.39 is 0 Å². The molecule has 1 aliphatic rings. The molecular formula is C13H20N2. The number of benzene rings is 1. The van der Waals surface area contributed by atoms with Gasteiger partial charge in [-0.2, -0.15) is 0 Å². The first kappa shape index (κ1) is 10.3. The topological polar surface area (TPSA) is 38.0 Å². The first-order chi connectivity index (χ1) is 7.15. The highest BCUT2D eigenvalue weighted by molar-refractivity contribution is 5.67. The summed E-state index contributed by atoms with van der Waals surface area (Å²) in [5, 5.41) is 3.48. The van der Waals surface area contributed by atoms with Crippen molar-refractivity contribution in [2.24, 2.45) is 5.92 Å². The van der Waals surface area contributed by atoms with E-state index >= 15 is 0 Å². The number of anilines is 2. The lowest BCUT2D eigenvalue weighted by Crippen LogP contribution is -2.16. The van der Waals surface area contributed by atoms with Gasteiger partial charge in [0.25, 0.3) is 0 Å². The Morgan fingerprint density at radius 2 is 2.20 bits per heavy atom. The maximum absolute atomic E-state index is 5.95. The van der Waals surface area contributed by atoms with Crippen LogP contribution in [0.4, 0.5) is 11.4 Å². The van der Waals surface area contributed by atoms with Crippen LogP contribution in [-0.2, 0) is 0 Å². The molecule has 82 valence electrons. The van der Waals surface area contributed by atoms with Crippen LogP contribution in [0.1, 0.15) is 31.7 Å². The molecule has 0 radical (unpaired) electrons. The van der Waals surface area contributed by atoms with E-state index in [-0.39, 0.29) is 0 Å². The fourth-order valence-electron chi connectivity index (χ4n) is 1.99. The minimum absolute atomic E-state index is 0.530. The van der Waals surface area contributed by atoms with Crippen molar-refractivity contribution in [1.29, 1.82) is 0 Å². The lowest BCUT2D eigenvalue weighted by molar-refractivity contribution is 0.642. The highest BCUT2D eigenvalue weighted by Gasteiger charge is 2.23. The second-order valence-electron chi connectivity index (χ2n) is 4.82. The van der Waals surface area contributed by atoms with Gasteiger partial charge in [-0.25, -0.2) is 0 Å². The Hall–Kier alpha value is -1.18. The molecule has 15 heavy (non-hydrogen) atoms. The summed E-state index contributed by atoms with van der Waals surface area (Å²) >= 11 is 0. The zero-order chi connectivity index (χ0) is 10.8. The van der Waals surface area contributed by atoms with Crippen molar-refractivity contribution in [3.8, 4) is 0 Å². The normalized spacial score (nSPS) is 17.5. The second kappa shape index (κ2) is 4.13. The molecule has 0 saturated heterocycles. The van der Waals surface area contributed by atoms with Gasteiger partial charge in [0.1, 0.15) is 0 Å². The van der Waals surface area contributed by atoms with E-state index in [1.54, 1.807) is 0 Å². The van der Waals surface area contributed by atoms with Gasteiger partial charge in [-0.3, -0.25) is 0 Å². The summed E-state index contributed by atoms with van der Waals surface area (Å²) in [4.78, 5) is 0. The molecule has 0 aliphatic heterocycles. The Labute approximate surface area is 91.9 Å². The molecule has 0 heterocycles. The molecule has 3 N–H and O–H groups in total. The predicted molar refractivity (Wildman–Crippen MR) is 66.0 cm³/mol. The number of rotatable bonds is 4. The van der Waals surface area contributed by atoms with Gasteiger partial charge < -0.3 is 11.1 Å². The average Bonchev–Trinajstić information content (AvgIpc) is 2.94. The first-order valence-electron chi connectivity index (χ1n) is 5.78. The smallest absolute Gasteiger partial charge is 0.0576 e. The third-order valence-corrected chi connectivity index (χ3v) is 2.99. The quantitative estimate of drug-likeness (QED) is 0.739. The standard InChI is InChI=1S/C13H20N2/c1-9-3-6-13(12(14)7-9)15-10(2)8-11-4-5-11/h3,6-7,10-11,15H,4-5,8,14H2,1-2H3. The van der Waals surface area contributed by atoms with Crippen LogP contribution in [0.2, 0.25) is 0 Å². The average molecular weight is 204 g/mol. The number of nitrogens with two attached hydrogens (primary N) is 1. The molecule has 0 spiro atoms. The molecule has 2 nitrogen and oxygen atoms in total. The van der Waals surface area contributed by atoms with Crippen LogP contribution in [0.3, 0.4) is 0 Å². The molecule has 0 bridgehead atoms. The molecule has 1 aromatic rings. The van der Waals surface area contributed by atoms with Crippen LogP contribution in [0.15, 0.2) is 18.2 Å². The van der Waals surface area contributed by atoms with Gasteiger partial charge in [0.05, 0.1) is 11.4 Å². The third kappa shape index (κ3) is 2.88. The molecule has 1 atom stereocenters. The molecule has 1 unspecified atom stereocenters. The van der Waals surface area contributed by atoms with Crippen LogP contribution in [0.5, 0.6) is 0 Å². The van der Waals surface area contributed by atoms with Crippen molar-refractivity contribution in [1.82, 2.24) is 0 Å². The highest BCUT2D eigenvalue weighted by Crippen LogP contribution is 2.34. The molecular weight excluding hydrogens is 184 g/mol. The Bertz CT molecular complexity index is 342. The summed E-state index contributed by atoms with van der Waals surface area (Å²) in [6.07, 6.45) is 4.10. The summed E-state index contributed by atoms with van der Waals surface area (Å²) in [5.41, 5.74) is 9.11. The van der Waals surface area contributed by atoms with E-state index in [4.69, 9.17) is 5.73 Å². The molecule has 2 rings (SSSR count). The Balaban J connectivity index is 1.96. The summed E-state index contributed by atoms with van der Waals surface area (Å²) in [6.45, 7) is 4.30. The van der Waals surface area contributed by atoms with Crippen molar-refractivity contribution >= 4 is 11.4 Å². The van der Waals surface area contributed by atoms with Gasteiger partial charge >= 0.3 is 0 Å². The number of nitrogens with one attached hydrogen (secondary N) is 1. The fourth-order valence-corrected chi connectivity index (χ4v) is 1.99. The van der Waals surface area contributed by atoms with Gasteiger partial charge in [-0.15, -0.1) is 0 Å². The lowest BCUT2D eigenvalue weighted by Gasteiger charge is -2.16. The maximum atomic E-state index is 5.95. The van der Waals surface area contributed by atoms with Crippen molar-refractivity contribution in [3.05, 3.63) is 23.8 Å². The molecule has 1 saturated carbocycles. The van der Waals surface area contributed by atoms with E-state index in [1.165, 1.54) is 24.8 Å². The molecule has 1 aromatic carbocycles. The first-order valence-corrected chi connectivity index (χ1v) is 5.78. The summed E-state index contributed by atoms with van der Waals surface area (Å²) < 4.78 is 0. The van der Waals surface area contributed by atoms with Gasteiger partial charge in [-0.05, 0) is 43.9 Å². The fraction of sp³-hybridized carbons (Fsp3) is 0.538. The van der Waals surface area contributed by atoms with Crippen LogP contribution >= 0.6 is 0 Å². The monoisotopic (exact) mass is 204 g/mol. The van der Waals surface area contributed by atoms with Crippen molar-refractivity contribution < 1.29 is 0 Å². The molecule has 0 aromatic heterocycles. The van der Waals surface area contributed by atoms with E-state index in [9.17, 15) is 0 Å². The predicted octanol–water partition coefficient (Wildman–Crippen LogP) is 3.18.